The lowest BCUT2D eigenvalue weighted by atomic mass is 10.4. The zero-order valence-electron chi connectivity index (χ0n) is 9.34. The Hall–Kier alpha value is -1.69. The minimum atomic E-state index is 0.546. The van der Waals surface area contributed by atoms with Gasteiger partial charge in [-0.3, -0.25) is 0 Å². The highest BCUT2D eigenvalue weighted by Gasteiger charge is 2.20. The van der Waals surface area contributed by atoms with E-state index in [1.807, 2.05) is 11.6 Å². The van der Waals surface area contributed by atoms with E-state index in [0.29, 0.717) is 17.5 Å². The second-order valence-electron chi connectivity index (χ2n) is 3.92. The lowest BCUT2D eigenvalue weighted by Gasteiger charge is -2.26. The molecule has 6 nitrogen and oxygen atoms in total. The zero-order valence-corrected chi connectivity index (χ0v) is 10.1. The summed E-state index contributed by atoms with van der Waals surface area (Å²) < 4.78 is 1.93. The van der Waals surface area contributed by atoms with Gasteiger partial charge in [0.05, 0.1) is 30.5 Å². The molecule has 0 saturated carbocycles. The van der Waals surface area contributed by atoms with Crippen LogP contribution in [0.25, 0.3) is 0 Å². The molecule has 0 unspecified atom stereocenters. The number of halogens is 1. The first-order valence-corrected chi connectivity index (χ1v) is 5.73. The van der Waals surface area contributed by atoms with E-state index in [1.165, 1.54) is 0 Å². The molecule has 0 aromatic carbocycles. The Kier molecular flexibility index (Phi) is 2.44. The summed E-state index contributed by atoms with van der Waals surface area (Å²) in [7, 11) is 0. The van der Waals surface area contributed by atoms with Crippen molar-refractivity contribution in [3.63, 3.8) is 0 Å². The summed E-state index contributed by atoms with van der Waals surface area (Å²) in [5.41, 5.74) is 0. The van der Waals surface area contributed by atoms with Gasteiger partial charge in [0.1, 0.15) is 11.6 Å². The van der Waals surface area contributed by atoms with Gasteiger partial charge in [-0.25, -0.2) is 19.6 Å². The Balaban J connectivity index is 1.86. The van der Waals surface area contributed by atoms with Gasteiger partial charge in [0, 0.05) is 6.54 Å². The minimum absolute atomic E-state index is 0.546. The van der Waals surface area contributed by atoms with Crippen molar-refractivity contribution in [2.24, 2.45) is 0 Å². The Labute approximate surface area is 103 Å². The van der Waals surface area contributed by atoms with Gasteiger partial charge in [0.25, 0.3) is 0 Å². The molecule has 1 aliphatic rings. The van der Waals surface area contributed by atoms with Crippen LogP contribution in [-0.4, -0.2) is 31.3 Å². The summed E-state index contributed by atoms with van der Waals surface area (Å²) in [6.07, 6.45) is 3.21. The van der Waals surface area contributed by atoms with E-state index in [-0.39, 0.29) is 0 Å². The summed E-state index contributed by atoms with van der Waals surface area (Å²) in [6, 6.07) is 0. The fraction of sp³-hybridized carbons (Fsp3) is 0.400. The van der Waals surface area contributed by atoms with Crippen molar-refractivity contribution in [1.82, 2.24) is 24.7 Å². The summed E-state index contributed by atoms with van der Waals surface area (Å²) in [6.45, 7) is 4.22. The average Bonchev–Trinajstić information content (AvgIpc) is 2.69. The third-order valence-electron chi connectivity index (χ3n) is 2.66. The number of hydrogen-bond acceptors (Lipinski definition) is 5. The van der Waals surface area contributed by atoms with Crippen molar-refractivity contribution < 1.29 is 0 Å². The maximum Gasteiger partial charge on any atom is 0.225 e. The first-order chi connectivity index (χ1) is 8.22. The molecule has 2 aromatic rings. The quantitative estimate of drug-likeness (QED) is 0.757. The number of hydrogen-bond donors (Lipinski definition) is 0. The van der Waals surface area contributed by atoms with Gasteiger partial charge in [-0.2, -0.15) is 5.10 Å². The SMILES string of the molecule is Cc1nc2n(n1)CCN(c1ncc(Cl)cn1)C2. The molecule has 0 atom stereocenters. The molecule has 0 radical (unpaired) electrons. The second kappa shape index (κ2) is 3.96. The molecule has 17 heavy (non-hydrogen) atoms. The normalized spacial score (nSPS) is 14.8. The highest BCUT2D eigenvalue weighted by atomic mass is 35.5. The van der Waals surface area contributed by atoms with Crippen LogP contribution in [0.1, 0.15) is 11.6 Å². The second-order valence-corrected chi connectivity index (χ2v) is 4.36. The molecule has 7 heteroatoms. The smallest absolute Gasteiger partial charge is 0.225 e. The van der Waals surface area contributed by atoms with Crippen LogP contribution >= 0.6 is 11.6 Å². The van der Waals surface area contributed by atoms with Crippen molar-refractivity contribution in [3.05, 3.63) is 29.1 Å². The van der Waals surface area contributed by atoms with E-state index in [1.54, 1.807) is 12.4 Å². The van der Waals surface area contributed by atoms with Crippen LogP contribution in [-0.2, 0) is 13.1 Å². The molecular formula is C10H11ClN6. The molecule has 88 valence electrons. The van der Waals surface area contributed by atoms with E-state index in [4.69, 9.17) is 11.6 Å². The summed E-state index contributed by atoms with van der Waals surface area (Å²) in [5, 5.41) is 4.86. The van der Waals surface area contributed by atoms with Gasteiger partial charge in [0.2, 0.25) is 5.95 Å². The highest BCUT2D eigenvalue weighted by molar-refractivity contribution is 6.30. The summed E-state index contributed by atoms with van der Waals surface area (Å²) in [4.78, 5) is 14.9. The Morgan fingerprint density at radius 3 is 2.76 bits per heavy atom. The van der Waals surface area contributed by atoms with Crippen molar-refractivity contribution in [1.29, 1.82) is 0 Å². The minimum Gasteiger partial charge on any atom is -0.331 e. The van der Waals surface area contributed by atoms with E-state index in [0.717, 1.165) is 24.7 Å². The van der Waals surface area contributed by atoms with Crippen LogP contribution in [0.5, 0.6) is 0 Å². The van der Waals surface area contributed by atoms with Gasteiger partial charge in [-0.15, -0.1) is 0 Å². The molecule has 0 spiro atoms. The number of rotatable bonds is 1. The molecule has 0 fully saturated rings. The van der Waals surface area contributed by atoms with Crippen LogP contribution < -0.4 is 4.90 Å². The van der Waals surface area contributed by atoms with Gasteiger partial charge >= 0.3 is 0 Å². The van der Waals surface area contributed by atoms with E-state index >= 15 is 0 Å². The molecule has 2 aromatic heterocycles. The maximum atomic E-state index is 5.77. The molecule has 0 amide bonds. The molecule has 0 N–H and O–H groups in total. The fourth-order valence-electron chi connectivity index (χ4n) is 1.90. The lowest BCUT2D eigenvalue weighted by molar-refractivity contribution is 0.506. The van der Waals surface area contributed by atoms with Crippen LogP contribution in [0, 0.1) is 6.92 Å². The van der Waals surface area contributed by atoms with Gasteiger partial charge in [0.15, 0.2) is 0 Å². The van der Waals surface area contributed by atoms with Crippen molar-refractivity contribution >= 4 is 17.5 Å². The molecule has 1 aliphatic heterocycles. The highest BCUT2D eigenvalue weighted by Crippen LogP contribution is 2.16. The standard InChI is InChI=1S/C10H11ClN6/c1-7-14-9-6-16(2-3-17(9)15-7)10-12-4-8(11)5-13-10/h4-5H,2-3,6H2,1H3. The molecular weight excluding hydrogens is 240 g/mol. The summed E-state index contributed by atoms with van der Waals surface area (Å²) in [5.74, 6) is 2.44. The molecule has 3 heterocycles. The van der Waals surface area contributed by atoms with Crippen LogP contribution in [0.2, 0.25) is 5.02 Å². The van der Waals surface area contributed by atoms with Crippen LogP contribution in [0.4, 0.5) is 5.95 Å². The molecule has 0 aliphatic carbocycles. The number of fused-ring (bicyclic) bond motifs is 1. The van der Waals surface area contributed by atoms with E-state index in [9.17, 15) is 0 Å². The third kappa shape index (κ3) is 1.95. The van der Waals surface area contributed by atoms with E-state index in [2.05, 4.69) is 25.0 Å². The first-order valence-electron chi connectivity index (χ1n) is 5.35. The zero-order chi connectivity index (χ0) is 11.8. The molecule has 3 rings (SSSR count). The number of aryl methyl sites for hydroxylation is 1. The topological polar surface area (TPSA) is 59.7 Å². The average molecular weight is 251 g/mol. The van der Waals surface area contributed by atoms with Gasteiger partial charge in [-0.05, 0) is 6.92 Å². The third-order valence-corrected chi connectivity index (χ3v) is 2.85. The fourth-order valence-corrected chi connectivity index (χ4v) is 2.00. The number of aromatic nitrogens is 5. The van der Waals surface area contributed by atoms with E-state index < -0.39 is 0 Å². The number of nitrogens with zero attached hydrogens (tertiary/aromatic N) is 6. The first kappa shape index (κ1) is 10.5. The maximum absolute atomic E-state index is 5.77. The van der Waals surface area contributed by atoms with Gasteiger partial charge in [-0.1, -0.05) is 11.6 Å². The van der Waals surface area contributed by atoms with Crippen molar-refractivity contribution in [3.8, 4) is 0 Å². The summed E-state index contributed by atoms with van der Waals surface area (Å²) >= 11 is 5.77. The van der Waals surface area contributed by atoms with Crippen LogP contribution in [0.15, 0.2) is 12.4 Å². The Morgan fingerprint density at radius 1 is 1.24 bits per heavy atom. The lowest BCUT2D eigenvalue weighted by Crippen LogP contribution is -2.35. The Bertz CT molecular complexity index is 534. The predicted octanol–water partition coefficient (Wildman–Crippen LogP) is 1.05. The molecule has 0 bridgehead atoms. The van der Waals surface area contributed by atoms with Crippen LogP contribution in [0.3, 0.4) is 0 Å². The number of anilines is 1. The van der Waals surface area contributed by atoms with Crippen molar-refractivity contribution in [2.75, 3.05) is 11.4 Å². The van der Waals surface area contributed by atoms with Gasteiger partial charge < -0.3 is 4.90 Å². The predicted molar refractivity (Wildman–Crippen MR) is 62.9 cm³/mol. The Morgan fingerprint density at radius 2 is 2.00 bits per heavy atom. The largest absolute Gasteiger partial charge is 0.331 e. The molecule has 0 saturated heterocycles. The monoisotopic (exact) mass is 250 g/mol. The van der Waals surface area contributed by atoms with Crippen molar-refractivity contribution in [2.45, 2.75) is 20.0 Å².